The summed E-state index contributed by atoms with van der Waals surface area (Å²) in [5, 5.41) is 1.40. The Balaban J connectivity index is 1.68. The molecule has 0 atom stereocenters. The Hall–Kier alpha value is -3.49. The Kier molecular flexibility index (Phi) is 7.33. The molecule has 10 heteroatoms. The third-order valence-electron chi connectivity index (χ3n) is 5.55. The van der Waals surface area contributed by atoms with Crippen molar-refractivity contribution in [3.63, 3.8) is 0 Å². The summed E-state index contributed by atoms with van der Waals surface area (Å²) in [5.41, 5.74) is 2.74. The fraction of sp³-hybridized carbons (Fsp3) is 0.200. The lowest BCUT2D eigenvalue weighted by Crippen LogP contribution is -2.38. The molecule has 0 fully saturated rings. The number of hydrogen-bond donors (Lipinski definition) is 1. The number of benzene rings is 2. The van der Waals surface area contributed by atoms with E-state index in [1.165, 1.54) is 30.3 Å². The van der Waals surface area contributed by atoms with Crippen molar-refractivity contribution >= 4 is 46.0 Å². The quantitative estimate of drug-likeness (QED) is 0.341. The van der Waals surface area contributed by atoms with E-state index in [4.69, 9.17) is 27.9 Å². The van der Waals surface area contributed by atoms with Gasteiger partial charge in [-0.2, -0.15) is 0 Å². The molecular formula is C25H21Cl2FN4O3. The Labute approximate surface area is 210 Å². The summed E-state index contributed by atoms with van der Waals surface area (Å²) in [6.07, 6.45) is 3.57. The number of aromatic amines is 1. The minimum atomic E-state index is -0.576. The minimum Gasteiger partial charge on any atom is -0.468 e. The molecule has 0 aliphatic rings. The van der Waals surface area contributed by atoms with Crippen LogP contribution >= 0.6 is 23.2 Å². The van der Waals surface area contributed by atoms with Gasteiger partial charge in [0.05, 0.1) is 28.4 Å². The number of aromatic nitrogens is 3. The molecule has 4 aromatic rings. The predicted octanol–water partition coefficient (Wildman–Crippen LogP) is 5.24. The lowest BCUT2D eigenvalue weighted by molar-refractivity contribution is -0.141. The Bertz CT molecular complexity index is 1420. The molecule has 2 aromatic heterocycles. The SMILES string of the molecule is COC(=O)CN(CCc1c[nH]c2ccc(F)cc12)C(=O)c1cnc(C)nc1-c1ccc(Cl)c(Cl)c1. The molecule has 0 aliphatic carbocycles. The Morgan fingerprint density at radius 3 is 2.69 bits per heavy atom. The molecule has 0 saturated carbocycles. The van der Waals surface area contributed by atoms with E-state index in [1.807, 2.05) is 0 Å². The van der Waals surface area contributed by atoms with Crippen LogP contribution in [0.3, 0.4) is 0 Å². The van der Waals surface area contributed by atoms with Crippen molar-refractivity contribution in [2.45, 2.75) is 13.3 Å². The van der Waals surface area contributed by atoms with Crippen molar-refractivity contribution in [1.29, 1.82) is 0 Å². The van der Waals surface area contributed by atoms with Crippen LogP contribution in [-0.4, -0.2) is 51.9 Å². The largest absolute Gasteiger partial charge is 0.468 e. The van der Waals surface area contributed by atoms with Gasteiger partial charge in [-0.25, -0.2) is 14.4 Å². The van der Waals surface area contributed by atoms with Crippen LogP contribution < -0.4 is 0 Å². The maximum atomic E-state index is 13.8. The van der Waals surface area contributed by atoms with Crippen LogP contribution in [0.25, 0.3) is 22.2 Å². The molecule has 4 rings (SSSR count). The van der Waals surface area contributed by atoms with E-state index < -0.39 is 11.9 Å². The predicted molar refractivity (Wildman–Crippen MR) is 132 cm³/mol. The molecule has 0 spiro atoms. The van der Waals surface area contributed by atoms with Gasteiger partial charge in [0, 0.05) is 35.4 Å². The molecule has 7 nitrogen and oxygen atoms in total. The van der Waals surface area contributed by atoms with Crippen molar-refractivity contribution in [2.24, 2.45) is 0 Å². The third kappa shape index (κ3) is 5.44. The summed E-state index contributed by atoms with van der Waals surface area (Å²) in [6, 6.07) is 9.40. The standard InChI is InChI=1S/C25H21Cl2FN4O3/c1-14-29-12-19(24(31-14)15-3-5-20(26)21(27)9-15)25(34)32(13-23(33)35-2)8-7-16-11-30-22-6-4-17(28)10-18(16)22/h3-6,9-12,30H,7-8,13H2,1-2H3. The number of esters is 1. The molecule has 0 radical (unpaired) electrons. The summed E-state index contributed by atoms with van der Waals surface area (Å²) in [5.74, 6) is -0.929. The van der Waals surface area contributed by atoms with E-state index in [2.05, 4.69) is 15.0 Å². The number of aryl methyl sites for hydroxylation is 1. The molecule has 1 N–H and O–H groups in total. The first-order chi connectivity index (χ1) is 16.8. The van der Waals surface area contributed by atoms with Crippen LogP contribution in [0.15, 0.2) is 48.8 Å². The van der Waals surface area contributed by atoms with E-state index >= 15 is 0 Å². The molecule has 0 unspecified atom stereocenters. The van der Waals surface area contributed by atoms with Crippen LogP contribution in [0.4, 0.5) is 4.39 Å². The lowest BCUT2D eigenvalue weighted by Gasteiger charge is -2.22. The first-order valence-corrected chi connectivity index (χ1v) is 11.4. The monoisotopic (exact) mass is 514 g/mol. The second-order valence-corrected chi connectivity index (χ2v) is 8.68. The summed E-state index contributed by atoms with van der Waals surface area (Å²) in [7, 11) is 1.25. The van der Waals surface area contributed by atoms with Gasteiger partial charge in [0.25, 0.3) is 5.91 Å². The molecule has 0 aliphatic heterocycles. The molecule has 0 saturated heterocycles. The van der Waals surface area contributed by atoms with Crippen molar-refractivity contribution in [3.8, 4) is 11.3 Å². The van der Waals surface area contributed by atoms with Gasteiger partial charge in [0.2, 0.25) is 0 Å². The van der Waals surface area contributed by atoms with Crippen LogP contribution in [0, 0.1) is 12.7 Å². The second-order valence-electron chi connectivity index (χ2n) is 7.87. The summed E-state index contributed by atoms with van der Waals surface area (Å²) < 4.78 is 18.6. The van der Waals surface area contributed by atoms with Crippen molar-refractivity contribution in [3.05, 3.63) is 81.6 Å². The van der Waals surface area contributed by atoms with Gasteiger partial charge in [-0.15, -0.1) is 0 Å². The second kappa shape index (κ2) is 10.4. The van der Waals surface area contributed by atoms with Crippen molar-refractivity contribution in [1.82, 2.24) is 19.9 Å². The number of nitrogens with one attached hydrogen (secondary N) is 1. The number of halogens is 3. The highest BCUT2D eigenvalue weighted by Gasteiger charge is 2.24. The fourth-order valence-corrected chi connectivity index (χ4v) is 4.04. The van der Waals surface area contributed by atoms with Crippen LogP contribution in [0.5, 0.6) is 0 Å². The van der Waals surface area contributed by atoms with E-state index in [0.717, 1.165) is 11.1 Å². The van der Waals surface area contributed by atoms with Crippen LogP contribution in [0.2, 0.25) is 10.0 Å². The smallest absolute Gasteiger partial charge is 0.325 e. The highest BCUT2D eigenvalue weighted by atomic mass is 35.5. The zero-order valence-corrected chi connectivity index (χ0v) is 20.5. The highest BCUT2D eigenvalue weighted by Crippen LogP contribution is 2.30. The van der Waals surface area contributed by atoms with E-state index in [9.17, 15) is 14.0 Å². The average Bonchev–Trinajstić information content (AvgIpc) is 3.24. The number of fused-ring (bicyclic) bond motifs is 1. The topological polar surface area (TPSA) is 88.2 Å². The zero-order chi connectivity index (χ0) is 25.1. The van der Waals surface area contributed by atoms with E-state index in [-0.39, 0.29) is 24.5 Å². The molecule has 180 valence electrons. The number of carbonyl (C=O) groups is 2. The van der Waals surface area contributed by atoms with Crippen molar-refractivity contribution < 1.29 is 18.7 Å². The third-order valence-corrected chi connectivity index (χ3v) is 6.29. The van der Waals surface area contributed by atoms with Gasteiger partial charge >= 0.3 is 5.97 Å². The Morgan fingerprint density at radius 1 is 1.14 bits per heavy atom. The van der Waals surface area contributed by atoms with Gasteiger partial charge in [0.15, 0.2) is 0 Å². The average molecular weight is 515 g/mol. The van der Waals surface area contributed by atoms with Gasteiger partial charge < -0.3 is 14.6 Å². The molecule has 35 heavy (non-hydrogen) atoms. The normalized spacial score (nSPS) is 11.0. The zero-order valence-electron chi connectivity index (χ0n) is 18.9. The first kappa shape index (κ1) is 24.6. The van der Waals surface area contributed by atoms with Gasteiger partial charge in [0.1, 0.15) is 18.2 Å². The number of methoxy groups -OCH3 is 1. The van der Waals surface area contributed by atoms with Gasteiger partial charge in [-0.05, 0) is 49.2 Å². The van der Waals surface area contributed by atoms with Crippen LogP contribution in [-0.2, 0) is 16.0 Å². The number of H-pyrrole nitrogens is 1. The molecule has 1 amide bonds. The molecular weight excluding hydrogens is 494 g/mol. The van der Waals surface area contributed by atoms with E-state index in [0.29, 0.717) is 38.9 Å². The summed E-state index contributed by atoms with van der Waals surface area (Å²) >= 11 is 12.2. The molecule has 0 bridgehead atoms. The molecule has 2 aromatic carbocycles. The number of rotatable bonds is 7. The number of amides is 1. The highest BCUT2D eigenvalue weighted by molar-refractivity contribution is 6.42. The number of nitrogens with zero attached hydrogens (tertiary/aromatic N) is 3. The van der Waals surface area contributed by atoms with Gasteiger partial charge in [-0.3, -0.25) is 9.59 Å². The maximum absolute atomic E-state index is 13.8. The van der Waals surface area contributed by atoms with Gasteiger partial charge in [-0.1, -0.05) is 29.3 Å². The number of carbonyl (C=O) groups excluding carboxylic acids is 2. The molecule has 2 heterocycles. The fourth-order valence-electron chi connectivity index (χ4n) is 3.75. The maximum Gasteiger partial charge on any atom is 0.325 e. The van der Waals surface area contributed by atoms with Crippen molar-refractivity contribution in [2.75, 3.05) is 20.2 Å². The summed E-state index contributed by atoms with van der Waals surface area (Å²) in [4.78, 5) is 38.9. The lowest BCUT2D eigenvalue weighted by atomic mass is 10.1. The van der Waals surface area contributed by atoms with E-state index in [1.54, 1.807) is 37.4 Å². The van der Waals surface area contributed by atoms with Crippen LogP contribution in [0.1, 0.15) is 21.7 Å². The minimum absolute atomic E-state index is 0.173. The first-order valence-electron chi connectivity index (χ1n) is 10.7. The Morgan fingerprint density at radius 2 is 1.94 bits per heavy atom. The summed E-state index contributed by atoms with van der Waals surface area (Å²) in [6.45, 7) is 1.60. The number of ether oxygens (including phenoxy) is 1. The number of hydrogen-bond acceptors (Lipinski definition) is 5.